The molecule has 13 heteroatoms. The Morgan fingerprint density at radius 1 is 1.15 bits per heavy atom. The van der Waals surface area contributed by atoms with Gasteiger partial charge in [0.15, 0.2) is 11.4 Å². The molecule has 2 amide bonds. The smallest absolute Gasteiger partial charge is 0.255 e. The summed E-state index contributed by atoms with van der Waals surface area (Å²) in [5, 5.41) is 51.1. The zero-order valence-electron chi connectivity index (χ0n) is 23.7. The van der Waals surface area contributed by atoms with Gasteiger partial charge in [0, 0.05) is 43.4 Å². The van der Waals surface area contributed by atoms with E-state index < -0.39 is 58.0 Å². The normalized spacial score (nSPS) is 25.6. The zero-order valence-corrected chi connectivity index (χ0v) is 23.7. The van der Waals surface area contributed by atoms with Crippen molar-refractivity contribution in [3.05, 3.63) is 39.7 Å². The molecule has 13 nitrogen and oxygen atoms in total. The number of nitrogens with two attached hydrogens (primary N) is 1. The summed E-state index contributed by atoms with van der Waals surface area (Å²) in [5.41, 5.74) is 3.01. The first-order valence-electron chi connectivity index (χ1n) is 13.4. The van der Waals surface area contributed by atoms with Crippen LogP contribution in [-0.4, -0.2) is 102 Å². The molecule has 41 heavy (non-hydrogen) atoms. The number of phenolic OH excluding ortho intramolecular Hbond substituents is 1. The minimum atomic E-state index is -2.71. The highest BCUT2D eigenvalue weighted by Crippen LogP contribution is 2.54. The van der Waals surface area contributed by atoms with Gasteiger partial charge >= 0.3 is 0 Å². The second kappa shape index (κ2) is 10.8. The third-order valence-electron chi connectivity index (χ3n) is 8.27. The number of likely N-dealkylation sites (N-methyl/N-ethyl adjacent to an activating group) is 2. The molecule has 0 spiro atoms. The number of aliphatic hydroxyl groups excluding tert-OH is 2. The van der Waals surface area contributed by atoms with Crippen LogP contribution in [0, 0.1) is 11.8 Å². The number of nitrogens with zero attached hydrogens (tertiary/aromatic N) is 2. The molecule has 4 atom stereocenters. The van der Waals surface area contributed by atoms with Crippen LogP contribution in [0.5, 0.6) is 5.75 Å². The molecule has 0 bridgehead atoms. The second-order valence-corrected chi connectivity index (χ2v) is 11.2. The fourth-order valence-corrected chi connectivity index (χ4v) is 6.37. The average molecular weight is 572 g/mol. The van der Waals surface area contributed by atoms with Gasteiger partial charge < -0.3 is 41.7 Å². The van der Waals surface area contributed by atoms with Gasteiger partial charge in [-0.05, 0) is 51.0 Å². The molecule has 4 rings (SSSR count). The van der Waals surface area contributed by atoms with Crippen molar-refractivity contribution >= 4 is 34.8 Å². The number of phenols is 1. The van der Waals surface area contributed by atoms with E-state index in [1.54, 1.807) is 39.2 Å². The molecule has 4 unspecified atom stereocenters. The fourth-order valence-electron chi connectivity index (χ4n) is 6.37. The number of carbonyl (C=O) groups excluding carboxylic acids is 4. The monoisotopic (exact) mass is 571 g/mol. The van der Waals surface area contributed by atoms with Crippen molar-refractivity contribution in [2.75, 3.05) is 46.2 Å². The molecular formula is C28H37N5O8. The van der Waals surface area contributed by atoms with E-state index in [-0.39, 0.29) is 54.3 Å². The molecule has 3 aliphatic rings. The number of aromatic hydroxyl groups is 1. The van der Waals surface area contributed by atoms with E-state index in [2.05, 4.69) is 10.6 Å². The lowest BCUT2D eigenvalue weighted by molar-refractivity contribution is -0.153. The number of ketones is 2. The first kappa shape index (κ1) is 30.0. The number of Topliss-reactive ketones (excluding diaryl/α,β-unsaturated/α-hetero) is 2. The Balaban J connectivity index is 1.89. The number of primary amides is 1. The van der Waals surface area contributed by atoms with Crippen LogP contribution in [0.1, 0.15) is 30.0 Å². The minimum absolute atomic E-state index is 0.00162. The second-order valence-electron chi connectivity index (χ2n) is 11.2. The molecule has 0 heterocycles. The van der Waals surface area contributed by atoms with Crippen LogP contribution in [-0.2, 0) is 32.1 Å². The molecule has 0 aliphatic heterocycles. The number of rotatable bonds is 8. The molecule has 222 valence electrons. The predicted octanol–water partition coefficient (Wildman–Crippen LogP) is -0.744. The fraction of sp³-hybridized carbons (Fsp3) is 0.500. The van der Waals surface area contributed by atoms with Crippen molar-refractivity contribution in [2.45, 2.75) is 38.0 Å². The number of hydrogen-bond donors (Lipinski definition) is 7. The Labute approximate surface area is 237 Å². The van der Waals surface area contributed by atoms with Crippen molar-refractivity contribution < 1.29 is 39.6 Å². The molecule has 1 fully saturated rings. The molecule has 0 saturated heterocycles. The Kier molecular flexibility index (Phi) is 7.91. The van der Waals surface area contributed by atoms with Gasteiger partial charge in [-0.25, -0.2) is 0 Å². The number of benzene rings is 1. The van der Waals surface area contributed by atoms with Gasteiger partial charge in [-0.3, -0.25) is 24.1 Å². The quantitative estimate of drug-likeness (QED) is 0.193. The molecular weight excluding hydrogens is 534 g/mol. The van der Waals surface area contributed by atoms with Crippen LogP contribution in [0.4, 0.5) is 5.69 Å². The van der Waals surface area contributed by atoms with E-state index in [0.717, 1.165) is 0 Å². The summed E-state index contributed by atoms with van der Waals surface area (Å²) < 4.78 is 0. The molecule has 8 N–H and O–H groups in total. The number of carbonyl (C=O) groups is 4. The minimum Gasteiger partial charge on any atom is -0.508 e. The van der Waals surface area contributed by atoms with Crippen LogP contribution < -0.4 is 21.3 Å². The highest BCUT2D eigenvalue weighted by molar-refractivity contribution is 6.24. The Morgan fingerprint density at radius 2 is 1.80 bits per heavy atom. The number of anilines is 1. The number of amides is 2. The number of hydrogen-bond acceptors (Lipinski definition) is 11. The maximum atomic E-state index is 14.0. The van der Waals surface area contributed by atoms with E-state index >= 15 is 0 Å². The molecule has 1 aromatic carbocycles. The van der Waals surface area contributed by atoms with E-state index in [1.165, 1.54) is 4.90 Å². The SMILES string of the molecule is CCNCC(=O)NCc1cc(N(C)C)c2c(c1O)C(O)=C1C(=O)C3(O)C(O)=C(C(N)=O)C(=O)C(N(C)C)C3CC1C2. The number of fused-ring (bicyclic) bond motifs is 3. The Morgan fingerprint density at radius 3 is 2.37 bits per heavy atom. The predicted molar refractivity (Wildman–Crippen MR) is 149 cm³/mol. The Bertz CT molecular complexity index is 1400. The zero-order chi connectivity index (χ0) is 30.5. The largest absolute Gasteiger partial charge is 0.508 e. The molecule has 0 radical (unpaired) electrons. The van der Waals surface area contributed by atoms with Crippen LogP contribution >= 0.6 is 0 Å². The molecule has 3 aliphatic carbocycles. The van der Waals surface area contributed by atoms with E-state index in [9.17, 15) is 39.6 Å². The maximum absolute atomic E-state index is 14.0. The molecule has 1 saturated carbocycles. The van der Waals surface area contributed by atoms with Crippen molar-refractivity contribution in [3.8, 4) is 5.75 Å². The van der Waals surface area contributed by atoms with Crippen LogP contribution in [0.2, 0.25) is 0 Å². The van der Waals surface area contributed by atoms with Gasteiger partial charge in [0.25, 0.3) is 5.91 Å². The first-order chi connectivity index (χ1) is 19.2. The van der Waals surface area contributed by atoms with Crippen molar-refractivity contribution in [3.63, 3.8) is 0 Å². The highest BCUT2D eigenvalue weighted by atomic mass is 16.3. The Hall–Kier alpha value is -3.94. The highest BCUT2D eigenvalue weighted by Gasteiger charge is 2.64. The van der Waals surface area contributed by atoms with Gasteiger partial charge in [0.1, 0.15) is 22.8 Å². The summed E-state index contributed by atoms with van der Waals surface area (Å²) in [6.45, 7) is 2.47. The summed E-state index contributed by atoms with van der Waals surface area (Å²) >= 11 is 0. The van der Waals surface area contributed by atoms with Gasteiger partial charge in [-0.1, -0.05) is 6.92 Å². The summed E-state index contributed by atoms with van der Waals surface area (Å²) in [7, 11) is 6.65. The van der Waals surface area contributed by atoms with Crippen molar-refractivity contribution in [1.29, 1.82) is 0 Å². The van der Waals surface area contributed by atoms with Gasteiger partial charge in [0.2, 0.25) is 11.7 Å². The summed E-state index contributed by atoms with van der Waals surface area (Å²) in [5.74, 6) is -7.36. The van der Waals surface area contributed by atoms with Crippen molar-refractivity contribution in [2.24, 2.45) is 17.6 Å². The lowest BCUT2D eigenvalue weighted by Gasteiger charge is -2.50. The standard InChI is InChI=1S/C28H37N5O8/c1-6-30-11-17(34)31-10-13-9-16(32(2)3)14-7-12-8-15-21(33(4)5)24(37)20(27(29)40)26(39)28(15,41)25(38)18(12)23(36)19(14)22(13)35/h9,12,15,21,30,35-36,39,41H,6-8,10-11H2,1-5H3,(H2,29,40)(H,31,34). The summed E-state index contributed by atoms with van der Waals surface area (Å²) in [4.78, 5) is 54.8. The molecule has 1 aromatic rings. The lowest BCUT2D eigenvalue weighted by atomic mass is 9.57. The maximum Gasteiger partial charge on any atom is 0.255 e. The van der Waals surface area contributed by atoms with Crippen LogP contribution in [0.15, 0.2) is 23.0 Å². The van der Waals surface area contributed by atoms with Gasteiger partial charge in [0.05, 0.1) is 18.2 Å². The third kappa shape index (κ3) is 4.63. The van der Waals surface area contributed by atoms with Gasteiger partial charge in [-0.15, -0.1) is 0 Å². The van der Waals surface area contributed by atoms with Gasteiger partial charge in [-0.2, -0.15) is 0 Å². The summed E-state index contributed by atoms with van der Waals surface area (Å²) in [6, 6.07) is 0.545. The van der Waals surface area contributed by atoms with Crippen LogP contribution in [0.25, 0.3) is 5.76 Å². The molecule has 0 aromatic heterocycles. The van der Waals surface area contributed by atoms with Crippen LogP contribution in [0.3, 0.4) is 0 Å². The number of nitrogens with one attached hydrogen (secondary N) is 2. The topological polar surface area (TPSA) is 206 Å². The summed E-state index contributed by atoms with van der Waals surface area (Å²) in [6.07, 6.45) is 0.171. The first-order valence-corrected chi connectivity index (χ1v) is 13.4. The van der Waals surface area contributed by atoms with E-state index in [4.69, 9.17) is 5.73 Å². The third-order valence-corrected chi connectivity index (χ3v) is 8.27. The lowest BCUT2D eigenvalue weighted by Crippen LogP contribution is -2.65. The number of aliphatic hydroxyl groups is 3. The van der Waals surface area contributed by atoms with E-state index in [0.29, 0.717) is 17.8 Å². The van der Waals surface area contributed by atoms with E-state index in [1.807, 2.05) is 6.92 Å². The average Bonchev–Trinajstić information content (AvgIpc) is 2.88. The van der Waals surface area contributed by atoms with Crippen molar-refractivity contribution in [1.82, 2.24) is 15.5 Å².